The fourth-order valence-electron chi connectivity index (χ4n) is 0.824. The van der Waals surface area contributed by atoms with Gasteiger partial charge in [-0.3, -0.25) is 4.79 Å². The Balaban J connectivity index is 2.58. The highest BCUT2D eigenvalue weighted by molar-refractivity contribution is 5.91. The van der Waals surface area contributed by atoms with Gasteiger partial charge in [-0.2, -0.15) is 0 Å². The Morgan fingerprint density at radius 1 is 1.85 bits per heavy atom. The van der Waals surface area contributed by atoms with Crippen LogP contribution in [-0.2, 0) is 0 Å². The number of nitrogens with two attached hydrogens (primary N) is 1. The summed E-state index contributed by atoms with van der Waals surface area (Å²) >= 11 is 0. The summed E-state index contributed by atoms with van der Waals surface area (Å²) in [5, 5.41) is 6.27. The van der Waals surface area contributed by atoms with Crippen molar-refractivity contribution in [1.29, 1.82) is 0 Å². The molecule has 1 rings (SSSR count). The number of nitrogens with one attached hydrogen (secondary N) is 1. The Hall–Kier alpha value is -1.36. The molecule has 0 spiro atoms. The fourth-order valence-corrected chi connectivity index (χ4v) is 0.824. The van der Waals surface area contributed by atoms with Crippen LogP contribution in [0.15, 0.2) is 10.6 Å². The highest BCUT2D eigenvalue weighted by atomic mass is 16.5. The molecule has 0 aromatic carbocycles. The number of carbonyl (C=O) groups excluding carboxylic acids is 1. The molecule has 72 valence electrons. The van der Waals surface area contributed by atoms with Gasteiger partial charge in [0.1, 0.15) is 0 Å². The molecular weight excluding hydrogens is 170 g/mol. The SMILES string of the molecule is Cc1cc(C(=O)NC(C)CN)on1. The minimum Gasteiger partial charge on any atom is -0.351 e. The molecule has 0 aliphatic rings. The topological polar surface area (TPSA) is 81.2 Å². The van der Waals surface area contributed by atoms with Crippen molar-refractivity contribution in [3.8, 4) is 0 Å². The van der Waals surface area contributed by atoms with Crippen LogP contribution in [0, 0.1) is 6.92 Å². The molecule has 1 aromatic heterocycles. The Morgan fingerprint density at radius 2 is 2.54 bits per heavy atom. The van der Waals surface area contributed by atoms with Crippen LogP contribution in [0.3, 0.4) is 0 Å². The summed E-state index contributed by atoms with van der Waals surface area (Å²) < 4.78 is 4.77. The minimum absolute atomic E-state index is 0.0575. The second-order valence-electron chi connectivity index (χ2n) is 2.94. The Labute approximate surface area is 76.3 Å². The summed E-state index contributed by atoms with van der Waals surface area (Å²) in [6.45, 7) is 3.98. The molecule has 3 N–H and O–H groups in total. The van der Waals surface area contributed by atoms with Gasteiger partial charge in [-0.05, 0) is 13.8 Å². The van der Waals surface area contributed by atoms with Gasteiger partial charge in [-0.25, -0.2) is 0 Å². The molecule has 1 atom stereocenters. The van der Waals surface area contributed by atoms with E-state index in [4.69, 9.17) is 10.3 Å². The quantitative estimate of drug-likeness (QED) is 0.694. The summed E-state index contributed by atoms with van der Waals surface area (Å²) in [5.41, 5.74) is 6.03. The number of hydrogen-bond acceptors (Lipinski definition) is 4. The first kappa shape index (κ1) is 9.73. The van der Waals surface area contributed by atoms with Gasteiger partial charge in [0, 0.05) is 18.7 Å². The second-order valence-corrected chi connectivity index (χ2v) is 2.94. The van der Waals surface area contributed by atoms with Crippen LogP contribution >= 0.6 is 0 Å². The lowest BCUT2D eigenvalue weighted by atomic mass is 10.3. The maximum atomic E-state index is 11.3. The normalized spacial score (nSPS) is 12.5. The van der Waals surface area contributed by atoms with Crippen molar-refractivity contribution >= 4 is 5.91 Å². The van der Waals surface area contributed by atoms with E-state index in [9.17, 15) is 4.79 Å². The van der Waals surface area contributed by atoms with Crippen molar-refractivity contribution < 1.29 is 9.32 Å². The standard InChI is InChI=1S/C8H13N3O2/c1-5-3-7(13-11-5)8(12)10-6(2)4-9/h3,6H,4,9H2,1-2H3,(H,10,12). The average molecular weight is 183 g/mol. The molecule has 0 aliphatic carbocycles. The average Bonchev–Trinajstić information content (AvgIpc) is 2.51. The van der Waals surface area contributed by atoms with Crippen LogP contribution in [-0.4, -0.2) is 23.7 Å². The lowest BCUT2D eigenvalue weighted by Gasteiger charge is -2.08. The van der Waals surface area contributed by atoms with E-state index in [1.165, 1.54) is 0 Å². The third kappa shape index (κ3) is 2.55. The van der Waals surface area contributed by atoms with E-state index in [-0.39, 0.29) is 17.7 Å². The number of rotatable bonds is 3. The molecule has 1 heterocycles. The minimum atomic E-state index is -0.279. The Morgan fingerprint density at radius 3 is 3.00 bits per heavy atom. The van der Waals surface area contributed by atoms with Crippen LogP contribution in [0.25, 0.3) is 0 Å². The van der Waals surface area contributed by atoms with E-state index in [2.05, 4.69) is 10.5 Å². The van der Waals surface area contributed by atoms with E-state index in [0.29, 0.717) is 12.2 Å². The zero-order valence-corrected chi connectivity index (χ0v) is 7.70. The highest BCUT2D eigenvalue weighted by Crippen LogP contribution is 2.01. The molecule has 13 heavy (non-hydrogen) atoms. The first-order valence-electron chi connectivity index (χ1n) is 4.07. The zero-order chi connectivity index (χ0) is 9.84. The van der Waals surface area contributed by atoms with Gasteiger partial charge in [0.05, 0.1) is 5.69 Å². The number of amides is 1. The number of aromatic nitrogens is 1. The van der Waals surface area contributed by atoms with Crippen molar-refractivity contribution in [2.45, 2.75) is 19.9 Å². The monoisotopic (exact) mass is 183 g/mol. The molecule has 0 fully saturated rings. The predicted octanol–water partition coefficient (Wildman–Crippen LogP) is 0.0600. The molecule has 0 saturated heterocycles. The van der Waals surface area contributed by atoms with Crippen LogP contribution < -0.4 is 11.1 Å². The molecule has 1 unspecified atom stereocenters. The van der Waals surface area contributed by atoms with Gasteiger partial charge in [0.15, 0.2) is 0 Å². The van der Waals surface area contributed by atoms with Gasteiger partial charge < -0.3 is 15.6 Å². The molecule has 0 aliphatic heterocycles. The highest BCUT2D eigenvalue weighted by Gasteiger charge is 2.12. The third-order valence-electron chi connectivity index (χ3n) is 1.58. The molecule has 1 aromatic rings. The summed E-state index contributed by atoms with van der Waals surface area (Å²) in [5.74, 6) is -0.0589. The molecule has 1 amide bonds. The van der Waals surface area contributed by atoms with Crippen molar-refractivity contribution in [3.05, 3.63) is 17.5 Å². The number of aryl methyl sites for hydroxylation is 1. The first-order valence-corrected chi connectivity index (χ1v) is 4.07. The third-order valence-corrected chi connectivity index (χ3v) is 1.58. The second kappa shape index (κ2) is 4.04. The Bertz CT molecular complexity index is 295. The largest absolute Gasteiger partial charge is 0.351 e. The van der Waals surface area contributed by atoms with E-state index in [1.807, 2.05) is 6.92 Å². The van der Waals surface area contributed by atoms with E-state index in [0.717, 1.165) is 0 Å². The predicted molar refractivity (Wildman–Crippen MR) is 47.2 cm³/mol. The van der Waals surface area contributed by atoms with E-state index < -0.39 is 0 Å². The summed E-state index contributed by atoms with van der Waals surface area (Å²) in [6.07, 6.45) is 0. The number of carbonyl (C=O) groups is 1. The van der Waals surface area contributed by atoms with Gasteiger partial charge in [-0.15, -0.1) is 0 Å². The van der Waals surface area contributed by atoms with Crippen LogP contribution in [0.5, 0.6) is 0 Å². The smallest absolute Gasteiger partial charge is 0.290 e. The Kier molecular flexibility index (Phi) is 3.02. The van der Waals surface area contributed by atoms with Gasteiger partial charge >= 0.3 is 0 Å². The van der Waals surface area contributed by atoms with E-state index in [1.54, 1.807) is 13.0 Å². The summed E-state index contributed by atoms with van der Waals surface area (Å²) in [6, 6.07) is 1.52. The van der Waals surface area contributed by atoms with Crippen LogP contribution in [0.1, 0.15) is 23.2 Å². The zero-order valence-electron chi connectivity index (χ0n) is 7.70. The maximum Gasteiger partial charge on any atom is 0.290 e. The molecule has 5 heteroatoms. The van der Waals surface area contributed by atoms with Crippen LogP contribution in [0.4, 0.5) is 0 Å². The molecular formula is C8H13N3O2. The van der Waals surface area contributed by atoms with Crippen LogP contribution in [0.2, 0.25) is 0 Å². The van der Waals surface area contributed by atoms with Crippen molar-refractivity contribution in [2.24, 2.45) is 5.73 Å². The molecule has 5 nitrogen and oxygen atoms in total. The molecule has 0 bridgehead atoms. The van der Waals surface area contributed by atoms with E-state index >= 15 is 0 Å². The molecule has 0 radical (unpaired) electrons. The lowest BCUT2D eigenvalue weighted by molar-refractivity contribution is 0.0904. The number of hydrogen-bond donors (Lipinski definition) is 2. The molecule has 0 saturated carbocycles. The number of nitrogens with zero attached hydrogens (tertiary/aromatic N) is 1. The lowest BCUT2D eigenvalue weighted by Crippen LogP contribution is -2.37. The van der Waals surface area contributed by atoms with Gasteiger partial charge in [0.25, 0.3) is 5.91 Å². The van der Waals surface area contributed by atoms with Crippen molar-refractivity contribution in [2.75, 3.05) is 6.54 Å². The van der Waals surface area contributed by atoms with Crippen molar-refractivity contribution in [1.82, 2.24) is 10.5 Å². The van der Waals surface area contributed by atoms with Gasteiger partial charge in [0.2, 0.25) is 5.76 Å². The van der Waals surface area contributed by atoms with Crippen molar-refractivity contribution in [3.63, 3.8) is 0 Å². The van der Waals surface area contributed by atoms with Gasteiger partial charge in [-0.1, -0.05) is 5.16 Å². The first-order chi connectivity index (χ1) is 6.13. The summed E-state index contributed by atoms with van der Waals surface area (Å²) in [4.78, 5) is 11.3. The fraction of sp³-hybridized carbons (Fsp3) is 0.500. The summed E-state index contributed by atoms with van der Waals surface area (Å²) in [7, 11) is 0. The maximum absolute atomic E-state index is 11.3.